The van der Waals surface area contributed by atoms with E-state index < -0.39 is 0 Å². The van der Waals surface area contributed by atoms with Crippen LogP contribution in [0.15, 0.2) is 24.7 Å². The van der Waals surface area contributed by atoms with E-state index in [0.717, 1.165) is 68.2 Å². The summed E-state index contributed by atoms with van der Waals surface area (Å²) in [5.74, 6) is 1.51. The Balaban J connectivity index is 1.33. The third kappa shape index (κ3) is 4.38. The molecule has 166 valence electrons. The maximum Gasteiger partial charge on any atom is 0.229 e. The number of ether oxygens (including phenoxy) is 1. The molecule has 0 atom stereocenters. The van der Waals surface area contributed by atoms with Crippen LogP contribution in [-0.4, -0.2) is 67.6 Å². The predicted molar refractivity (Wildman–Crippen MR) is 122 cm³/mol. The molecule has 1 aliphatic heterocycles. The van der Waals surface area contributed by atoms with Gasteiger partial charge in [0.1, 0.15) is 5.52 Å². The number of anilines is 3. The molecular formula is C22H32N8O. The van der Waals surface area contributed by atoms with E-state index in [-0.39, 0.29) is 0 Å². The van der Waals surface area contributed by atoms with Gasteiger partial charge in [-0.25, -0.2) is 4.98 Å². The van der Waals surface area contributed by atoms with E-state index in [1.165, 1.54) is 12.8 Å². The summed E-state index contributed by atoms with van der Waals surface area (Å²) in [6.07, 6.45) is 10.6. The van der Waals surface area contributed by atoms with Crippen LogP contribution in [0.3, 0.4) is 0 Å². The van der Waals surface area contributed by atoms with Crippen LogP contribution in [0.5, 0.6) is 0 Å². The third-order valence-electron chi connectivity index (χ3n) is 6.51. The summed E-state index contributed by atoms with van der Waals surface area (Å²) in [5, 5.41) is 11.3. The molecule has 31 heavy (non-hydrogen) atoms. The fourth-order valence-electron chi connectivity index (χ4n) is 4.86. The van der Waals surface area contributed by atoms with Crippen molar-refractivity contribution >= 4 is 28.5 Å². The summed E-state index contributed by atoms with van der Waals surface area (Å²) in [5.41, 5.74) is 2.91. The van der Waals surface area contributed by atoms with E-state index in [0.29, 0.717) is 18.0 Å². The zero-order chi connectivity index (χ0) is 21.2. The Kier molecular flexibility index (Phi) is 5.78. The summed E-state index contributed by atoms with van der Waals surface area (Å²) in [7, 11) is 1.90. The maximum absolute atomic E-state index is 5.52. The standard InChI is InChI=1S/C22H32N8O/c1-3-29-9-8-19-20(29)21(27-22(26-19)25-17-14-23-28(2)15-17)24-16-4-6-18(7-5-16)30-10-12-31-13-11-30/h8-9,14-16,18H,3-7,10-13H2,1-2H3,(H2,24,25,26,27)/t16-,18-. The molecule has 2 aliphatic rings. The Hall–Kier alpha value is -2.65. The van der Waals surface area contributed by atoms with Gasteiger partial charge in [-0.1, -0.05) is 0 Å². The maximum atomic E-state index is 5.52. The third-order valence-corrected chi connectivity index (χ3v) is 6.51. The lowest BCUT2D eigenvalue weighted by Gasteiger charge is -2.39. The Labute approximate surface area is 182 Å². The number of rotatable bonds is 6. The van der Waals surface area contributed by atoms with E-state index in [9.17, 15) is 0 Å². The first-order chi connectivity index (χ1) is 15.2. The normalized spacial score (nSPS) is 22.6. The van der Waals surface area contributed by atoms with E-state index in [2.05, 4.69) is 44.4 Å². The van der Waals surface area contributed by atoms with Crippen molar-refractivity contribution < 1.29 is 4.74 Å². The van der Waals surface area contributed by atoms with E-state index in [4.69, 9.17) is 14.7 Å². The zero-order valence-electron chi connectivity index (χ0n) is 18.4. The Morgan fingerprint density at radius 1 is 1.13 bits per heavy atom. The van der Waals surface area contributed by atoms with E-state index in [1.54, 1.807) is 10.9 Å². The van der Waals surface area contributed by atoms with Gasteiger partial charge in [-0.05, 0) is 38.7 Å². The zero-order valence-corrected chi connectivity index (χ0v) is 18.4. The molecule has 0 aromatic carbocycles. The van der Waals surface area contributed by atoms with Crippen molar-refractivity contribution in [3.05, 3.63) is 24.7 Å². The van der Waals surface area contributed by atoms with Crippen LogP contribution in [0.4, 0.5) is 17.5 Å². The van der Waals surface area contributed by atoms with Gasteiger partial charge in [0, 0.05) is 51.2 Å². The molecule has 1 saturated heterocycles. The SMILES string of the molecule is CCn1ccc2nc(Nc3cnn(C)c3)nc(N[C@H]3CC[C@H](N4CCOCC4)CC3)c21. The number of fused-ring (bicyclic) bond motifs is 1. The lowest BCUT2D eigenvalue weighted by atomic mass is 9.90. The summed E-state index contributed by atoms with van der Waals surface area (Å²) < 4.78 is 9.50. The minimum Gasteiger partial charge on any atom is -0.379 e. The second kappa shape index (κ2) is 8.84. The van der Waals surface area contributed by atoms with Gasteiger partial charge in [-0.15, -0.1) is 0 Å². The minimum absolute atomic E-state index is 0.432. The van der Waals surface area contributed by atoms with Crippen LogP contribution in [0.1, 0.15) is 32.6 Å². The lowest BCUT2D eigenvalue weighted by molar-refractivity contribution is 0.00791. The van der Waals surface area contributed by atoms with Gasteiger partial charge in [-0.3, -0.25) is 9.58 Å². The van der Waals surface area contributed by atoms with Crippen molar-refractivity contribution in [2.45, 2.75) is 51.2 Å². The molecule has 2 fully saturated rings. The fraction of sp³-hybridized carbons (Fsp3) is 0.591. The number of hydrogen-bond donors (Lipinski definition) is 2. The van der Waals surface area contributed by atoms with Crippen LogP contribution < -0.4 is 10.6 Å². The molecule has 0 radical (unpaired) electrons. The van der Waals surface area contributed by atoms with Gasteiger partial charge in [0.25, 0.3) is 0 Å². The van der Waals surface area contributed by atoms with Crippen molar-refractivity contribution in [2.24, 2.45) is 7.05 Å². The molecule has 4 heterocycles. The molecule has 2 N–H and O–H groups in total. The predicted octanol–water partition coefficient (Wildman–Crippen LogP) is 2.98. The van der Waals surface area contributed by atoms with Crippen molar-refractivity contribution in [2.75, 3.05) is 36.9 Å². The van der Waals surface area contributed by atoms with E-state index in [1.807, 2.05) is 13.2 Å². The first-order valence-electron chi connectivity index (χ1n) is 11.4. The van der Waals surface area contributed by atoms with E-state index >= 15 is 0 Å². The topological polar surface area (TPSA) is 85.1 Å². The van der Waals surface area contributed by atoms with Crippen LogP contribution in [0, 0.1) is 0 Å². The first-order valence-corrected chi connectivity index (χ1v) is 11.4. The van der Waals surface area contributed by atoms with Crippen molar-refractivity contribution in [1.82, 2.24) is 29.2 Å². The largest absolute Gasteiger partial charge is 0.379 e. The molecule has 5 rings (SSSR count). The van der Waals surface area contributed by atoms with Crippen LogP contribution in [0.2, 0.25) is 0 Å². The lowest BCUT2D eigenvalue weighted by Crippen LogP contribution is -2.46. The van der Waals surface area contributed by atoms with Crippen LogP contribution >= 0.6 is 0 Å². The first kappa shape index (κ1) is 20.3. The fourth-order valence-corrected chi connectivity index (χ4v) is 4.86. The smallest absolute Gasteiger partial charge is 0.229 e. The van der Waals surface area contributed by atoms with Crippen molar-refractivity contribution in [1.29, 1.82) is 0 Å². The number of morpholine rings is 1. The number of hydrogen-bond acceptors (Lipinski definition) is 7. The highest BCUT2D eigenvalue weighted by molar-refractivity contribution is 5.88. The number of nitrogens with zero attached hydrogens (tertiary/aromatic N) is 6. The molecule has 1 aliphatic carbocycles. The number of aryl methyl sites for hydroxylation is 2. The molecule has 0 spiro atoms. The average Bonchev–Trinajstić information content (AvgIpc) is 3.40. The van der Waals surface area contributed by atoms with Crippen molar-refractivity contribution in [3.8, 4) is 0 Å². The number of nitrogens with one attached hydrogen (secondary N) is 2. The minimum atomic E-state index is 0.432. The van der Waals surface area contributed by atoms with Gasteiger partial charge in [0.2, 0.25) is 5.95 Å². The van der Waals surface area contributed by atoms with Gasteiger partial charge in [0.15, 0.2) is 5.82 Å². The quantitative estimate of drug-likeness (QED) is 0.629. The Morgan fingerprint density at radius 3 is 2.65 bits per heavy atom. The molecule has 0 bridgehead atoms. The van der Waals surface area contributed by atoms with Crippen molar-refractivity contribution in [3.63, 3.8) is 0 Å². The van der Waals surface area contributed by atoms with Gasteiger partial charge < -0.3 is 19.9 Å². The molecule has 0 unspecified atom stereocenters. The average molecular weight is 425 g/mol. The molecule has 9 nitrogen and oxygen atoms in total. The molecule has 9 heteroatoms. The second-order valence-corrected chi connectivity index (χ2v) is 8.56. The van der Waals surface area contributed by atoms with Gasteiger partial charge in [-0.2, -0.15) is 10.1 Å². The monoisotopic (exact) mass is 424 g/mol. The summed E-state index contributed by atoms with van der Waals surface area (Å²) in [6, 6.07) is 3.19. The molecule has 0 amide bonds. The molecule has 3 aromatic rings. The highest BCUT2D eigenvalue weighted by atomic mass is 16.5. The molecule has 1 saturated carbocycles. The second-order valence-electron chi connectivity index (χ2n) is 8.56. The Morgan fingerprint density at radius 2 is 1.94 bits per heavy atom. The molecule has 3 aromatic heterocycles. The van der Waals surface area contributed by atoms with Gasteiger partial charge >= 0.3 is 0 Å². The highest BCUT2D eigenvalue weighted by Gasteiger charge is 2.27. The summed E-state index contributed by atoms with van der Waals surface area (Å²) in [6.45, 7) is 6.93. The van der Waals surface area contributed by atoms with Crippen LogP contribution in [0.25, 0.3) is 11.0 Å². The number of aromatic nitrogens is 5. The summed E-state index contributed by atoms with van der Waals surface area (Å²) >= 11 is 0. The van der Waals surface area contributed by atoms with Gasteiger partial charge in [0.05, 0.1) is 30.6 Å². The Bertz CT molecular complexity index is 1010. The molecular weight excluding hydrogens is 392 g/mol. The summed E-state index contributed by atoms with van der Waals surface area (Å²) in [4.78, 5) is 12.2. The van der Waals surface area contributed by atoms with Crippen LogP contribution in [-0.2, 0) is 18.3 Å². The highest BCUT2D eigenvalue weighted by Crippen LogP contribution is 2.30.